The van der Waals surface area contributed by atoms with Crippen molar-refractivity contribution < 1.29 is 18.3 Å². The Morgan fingerprint density at radius 1 is 1.19 bits per heavy atom. The molecule has 2 atom stereocenters. The fourth-order valence-corrected chi connectivity index (χ4v) is 5.04. The van der Waals surface area contributed by atoms with Crippen LogP contribution in [0.15, 0.2) is 48.8 Å². The molecule has 6 rings (SSSR count). The molecule has 10 heteroatoms. The quantitative estimate of drug-likeness (QED) is 0.449. The number of carbonyl (C=O) groups is 1. The first-order valence-corrected chi connectivity index (χ1v) is 11.4. The fraction of sp³-hybridized carbons (Fsp3) is 0.269. The SMILES string of the molecule is CC(C)(C#N)c1ncc(-c2ccc3nc4n(c3c2)[C@@H]2C[C@H]4NC(=O)c3cccc(OC(F)F)c32)cn1. The van der Waals surface area contributed by atoms with E-state index in [4.69, 9.17) is 9.72 Å². The van der Waals surface area contributed by atoms with Crippen LogP contribution < -0.4 is 10.1 Å². The molecule has 36 heavy (non-hydrogen) atoms. The number of nitriles is 1. The van der Waals surface area contributed by atoms with Crippen LogP contribution in [0.1, 0.15) is 59.9 Å². The number of rotatable bonds is 4. The number of nitrogens with one attached hydrogen (secondary N) is 1. The van der Waals surface area contributed by atoms with Crippen molar-refractivity contribution in [2.75, 3.05) is 0 Å². The van der Waals surface area contributed by atoms with Gasteiger partial charge in [0.2, 0.25) is 0 Å². The number of benzene rings is 2. The maximum Gasteiger partial charge on any atom is 0.387 e. The molecule has 2 aromatic carbocycles. The standard InChI is InChI=1S/C26H20F2N6O2/c1-26(2,12-29)24-30-10-14(11-31-24)13-6-7-16-18(8-13)34-19-9-17(22(34)32-16)33-23(35)15-4-3-5-20(21(15)19)36-25(27)28/h3-8,10-11,17,19,25H,9H2,1-2H3,(H,33,35)/t17-,19-/m1/s1. The lowest BCUT2D eigenvalue weighted by molar-refractivity contribution is -0.0507. The molecule has 2 aliphatic heterocycles. The second-order valence-electron chi connectivity index (χ2n) is 9.45. The van der Waals surface area contributed by atoms with Crippen LogP contribution in [-0.2, 0) is 5.41 Å². The van der Waals surface area contributed by atoms with Gasteiger partial charge in [-0.25, -0.2) is 15.0 Å². The third-order valence-corrected chi connectivity index (χ3v) is 6.79. The van der Waals surface area contributed by atoms with E-state index in [0.717, 1.165) is 22.2 Å². The Labute approximate surface area is 204 Å². The Morgan fingerprint density at radius 3 is 2.69 bits per heavy atom. The summed E-state index contributed by atoms with van der Waals surface area (Å²) in [5.74, 6) is 0.747. The molecule has 0 fully saturated rings. The number of hydrogen-bond donors (Lipinski definition) is 1. The van der Waals surface area contributed by atoms with Crippen LogP contribution in [0.25, 0.3) is 22.2 Å². The first-order valence-electron chi connectivity index (χ1n) is 11.4. The molecule has 1 N–H and O–H groups in total. The van der Waals surface area contributed by atoms with Gasteiger partial charge in [0.15, 0.2) is 0 Å². The Bertz CT molecular complexity index is 1570. The number of halogens is 2. The summed E-state index contributed by atoms with van der Waals surface area (Å²) >= 11 is 0. The lowest BCUT2D eigenvalue weighted by Crippen LogP contribution is -2.28. The molecule has 4 aromatic rings. The molecule has 8 nitrogen and oxygen atoms in total. The van der Waals surface area contributed by atoms with Crippen molar-refractivity contribution in [3.05, 3.63) is 71.6 Å². The smallest absolute Gasteiger partial charge is 0.387 e. The van der Waals surface area contributed by atoms with E-state index in [2.05, 4.69) is 21.4 Å². The summed E-state index contributed by atoms with van der Waals surface area (Å²) in [6.45, 7) is 0.499. The van der Waals surface area contributed by atoms with Crippen LogP contribution in [-0.4, -0.2) is 32.0 Å². The number of aromatic nitrogens is 4. The minimum atomic E-state index is -3.01. The molecule has 0 saturated carbocycles. The average Bonchev–Trinajstić information content (AvgIpc) is 3.35. The van der Waals surface area contributed by atoms with Crippen LogP contribution in [0.2, 0.25) is 0 Å². The normalized spacial score (nSPS) is 18.4. The zero-order chi connectivity index (χ0) is 25.2. The minimum Gasteiger partial charge on any atom is -0.434 e. The van der Waals surface area contributed by atoms with Crippen molar-refractivity contribution in [3.63, 3.8) is 0 Å². The number of nitrogens with zero attached hydrogens (tertiary/aromatic N) is 5. The number of hydrogen-bond acceptors (Lipinski definition) is 6. The number of amides is 1. The van der Waals surface area contributed by atoms with E-state index in [0.29, 0.717) is 29.2 Å². The third-order valence-electron chi connectivity index (χ3n) is 6.79. The van der Waals surface area contributed by atoms with Gasteiger partial charge in [-0.05, 0) is 50.1 Å². The van der Waals surface area contributed by atoms with Gasteiger partial charge in [0.05, 0.1) is 29.2 Å². The topological polar surface area (TPSA) is 106 Å². The summed E-state index contributed by atoms with van der Waals surface area (Å²) in [7, 11) is 0. The van der Waals surface area contributed by atoms with Crippen molar-refractivity contribution in [2.24, 2.45) is 0 Å². The van der Waals surface area contributed by atoms with Crippen LogP contribution in [0.5, 0.6) is 5.75 Å². The van der Waals surface area contributed by atoms with Gasteiger partial charge in [-0.2, -0.15) is 14.0 Å². The highest BCUT2D eigenvalue weighted by Crippen LogP contribution is 2.47. The maximum atomic E-state index is 13.2. The predicted octanol–water partition coefficient (Wildman–Crippen LogP) is 4.67. The molecular weight excluding hydrogens is 466 g/mol. The number of ether oxygens (including phenoxy) is 1. The van der Waals surface area contributed by atoms with Gasteiger partial charge in [0.1, 0.15) is 22.8 Å². The van der Waals surface area contributed by atoms with Gasteiger partial charge in [0.25, 0.3) is 5.91 Å². The fourth-order valence-electron chi connectivity index (χ4n) is 5.04. The van der Waals surface area contributed by atoms with E-state index in [-0.39, 0.29) is 17.7 Å². The lowest BCUT2D eigenvalue weighted by atomic mass is 9.94. The number of alkyl halides is 2. The molecule has 4 heterocycles. The molecule has 0 radical (unpaired) electrons. The molecule has 180 valence electrons. The highest BCUT2D eigenvalue weighted by molar-refractivity contribution is 5.98. The molecule has 2 aromatic heterocycles. The van der Waals surface area contributed by atoms with Gasteiger partial charge in [-0.15, -0.1) is 0 Å². The molecule has 2 aliphatic rings. The number of fused-ring (bicyclic) bond motifs is 9. The first-order chi connectivity index (χ1) is 17.3. The average molecular weight is 486 g/mol. The van der Waals surface area contributed by atoms with Gasteiger partial charge in [0, 0.05) is 29.1 Å². The monoisotopic (exact) mass is 486 g/mol. The Kier molecular flexibility index (Phi) is 4.80. The molecule has 0 unspecified atom stereocenters. The summed E-state index contributed by atoms with van der Waals surface area (Å²) in [6.07, 6.45) is 3.83. The number of imidazole rings is 1. The predicted molar refractivity (Wildman–Crippen MR) is 125 cm³/mol. The largest absolute Gasteiger partial charge is 0.434 e. The third kappa shape index (κ3) is 3.31. The molecule has 0 aliphatic carbocycles. The first kappa shape index (κ1) is 22.1. The Hall–Kier alpha value is -4.39. The van der Waals surface area contributed by atoms with E-state index < -0.39 is 18.1 Å². The minimum absolute atomic E-state index is 0.0155. The Balaban J connectivity index is 1.49. The highest BCUT2D eigenvalue weighted by atomic mass is 19.3. The Morgan fingerprint density at radius 2 is 1.97 bits per heavy atom. The molecule has 2 bridgehead atoms. The van der Waals surface area contributed by atoms with Crippen molar-refractivity contribution >= 4 is 16.9 Å². The summed E-state index contributed by atoms with van der Waals surface area (Å²) in [6, 6.07) is 11.8. The van der Waals surface area contributed by atoms with Crippen LogP contribution in [0.4, 0.5) is 8.78 Å². The van der Waals surface area contributed by atoms with Gasteiger partial charge < -0.3 is 14.6 Å². The van der Waals surface area contributed by atoms with Crippen LogP contribution in [0.3, 0.4) is 0 Å². The zero-order valence-corrected chi connectivity index (χ0v) is 19.4. The van der Waals surface area contributed by atoms with Crippen molar-refractivity contribution in [2.45, 2.75) is 44.4 Å². The second-order valence-corrected chi connectivity index (χ2v) is 9.45. The van der Waals surface area contributed by atoms with E-state index >= 15 is 0 Å². The number of carbonyl (C=O) groups excluding carboxylic acids is 1. The van der Waals surface area contributed by atoms with E-state index in [1.807, 2.05) is 22.8 Å². The summed E-state index contributed by atoms with van der Waals surface area (Å²) in [5.41, 5.74) is 3.05. The highest BCUT2D eigenvalue weighted by Gasteiger charge is 2.42. The summed E-state index contributed by atoms with van der Waals surface area (Å²) in [5, 5.41) is 12.3. The lowest BCUT2D eigenvalue weighted by Gasteiger charge is -2.21. The molecule has 0 spiro atoms. The van der Waals surface area contributed by atoms with Crippen molar-refractivity contribution in [1.29, 1.82) is 5.26 Å². The van der Waals surface area contributed by atoms with E-state index in [9.17, 15) is 18.8 Å². The zero-order valence-electron chi connectivity index (χ0n) is 19.4. The van der Waals surface area contributed by atoms with Gasteiger partial charge in [-0.1, -0.05) is 12.1 Å². The molecule has 0 saturated heterocycles. The van der Waals surface area contributed by atoms with E-state index in [1.54, 1.807) is 32.3 Å². The van der Waals surface area contributed by atoms with E-state index in [1.165, 1.54) is 12.1 Å². The van der Waals surface area contributed by atoms with Gasteiger partial charge in [-0.3, -0.25) is 4.79 Å². The van der Waals surface area contributed by atoms with Crippen molar-refractivity contribution in [3.8, 4) is 22.9 Å². The van der Waals surface area contributed by atoms with Crippen LogP contribution in [0, 0.1) is 11.3 Å². The maximum absolute atomic E-state index is 13.2. The van der Waals surface area contributed by atoms with Crippen molar-refractivity contribution in [1.82, 2.24) is 24.8 Å². The summed E-state index contributed by atoms with van der Waals surface area (Å²) < 4.78 is 33.2. The summed E-state index contributed by atoms with van der Waals surface area (Å²) in [4.78, 5) is 26.4. The molecule has 1 amide bonds. The van der Waals surface area contributed by atoms with Crippen LogP contribution >= 0.6 is 0 Å². The van der Waals surface area contributed by atoms with Gasteiger partial charge >= 0.3 is 6.61 Å². The second kappa shape index (κ2) is 7.81. The molecular formula is C26H20F2N6O2.